The number of halogens is 2. The first-order chi connectivity index (χ1) is 42.2. The lowest BCUT2D eigenvalue weighted by Crippen LogP contribution is -2.31. The molecule has 0 saturated heterocycles. The number of aromatic nitrogens is 1. The van der Waals surface area contributed by atoms with E-state index in [9.17, 15) is 0 Å². The number of fused-ring (bicyclic) bond motifs is 7. The van der Waals surface area contributed by atoms with Crippen molar-refractivity contribution >= 4 is 55.9 Å². The summed E-state index contributed by atoms with van der Waals surface area (Å²) in [6, 6.07) is 95.4. The van der Waals surface area contributed by atoms with Crippen LogP contribution in [0.3, 0.4) is 0 Å². The highest BCUT2D eigenvalue weighted by Gasteiger charge is 2.53. The lowest BCUT2D eigenvalue weighted by atomic mass is 9.68. The van der Waals surface area contributed by atoms with Crippen LogP contribution in [0.15, 0.2) is 297 Å². The van der Waals surface area contributed by atoms with Crippen LogP contribution in [0.5, 0.6) is 0 Å². The summed E-state index contributed by atoms with van der Waals surface area (Å²) in [5.41, 5.74) is 20.0. The fraction of sp³-hybridized carbons (Fsp3) is 0.0625. The van der Waals surface area contributed by atoms with Gasteiger partial charge in [-0.15, -0.1) is 11.3 Å². The quantitative estimate of drug-likeness (QED) is 0.122. The number of anilines is 5. The average molecular weight is 1130 g/mol. The van der Waals surface area contributed by atoms with Crippen molar-refractivity contribution < 1.29 is 8.78 Å². The largest absolute Gasteiger partial charge is 0.313 e. The Morgan fingerprint density at radius 2 is 0.814 bits per heavy atom. The highest BCUT2D eigenvalue weighted by Crippen LogP contribution is 2.64. The average Bonchev–Trinajstić information content (AvgIpc) is 1.65. The fourth-order valence-electron chi connectivity index (χ4n) is 13.5. The second-order valence-electron chi connectivity index (χ2n) is 23.0. The van der Waals surface area contributed by atoms with Crippen molar-refractivity contribution in [2.75, 3.05) is 9.80 Å². The SMILES string of the molecule is CC1(C)c2cnccc2C2C(N(c3cccc(-c4ccccc4)c3)c3cccc(-c4ccc(-c5ccccc5)cc4F)c3)=Cc3sc4ccc(N(c5cccc(-c6ccccc6)c5)c5cccc(-c6ccc(-c7ccccc7)cc6F)c5)cc4c3C21. The van der Waals surface area contributed by atoms with Crippen molar-refractivity contribution in [3.63, 3.8) is 0 Å². The van der Waals surface area contributed by atoms with Crippen LogP contribution in [-0.4, -0.2) is 4.98 Å². The number of rotatable bonds is 12. The van der Waals surface area contributed by atoms with Gasteiger partial charge in [-0.25, -0.2) is 8.78 Å². The molecule has 2 atom stereocenters. The van der Waals surface area contributed by atoms with Crippen molar-refractivity contribution in [3.8, 4) is 66.8 Å². The molecule has 0 fully saturated rings. The van der Waals surface area contributed by atoms with Gasteiger partial charge in [0.2, 0.25) is 0 Å². The van der Waals surface area contributed by atoms with E-state index in [0.29, 0.717) is 11.1 Å². The molecule has 0 bridgehead atoms. The fourth-order valence-corrected chi connectivity index (χ4v) is 14.7. The molecule has 6 heteroatoms. The Morgan fingerprint density at radius 1 is 0.395 bits per heavy atom. The van der Waals surface area contributed by atoms with Gasteiger partial charge in [-0.05, 0) is 174 Å². The maximum atomic E-state index is 16.6. The molecule has 0 aliphatic heterocycles. The first-order valence-corrected chi connectivity index (χ1v) is 30.1. The molecule has 11 aromatic carbocycles. The number of benzene rings is 11. The number of hydrogen-bond acceptors (Lipinski definition) is 4. The summed E-state index contributed by atoms with van der Waals surface area (Å²) in [6.45, 7) is 4.78. The van der Waals surface area contributed by atoms with E-state index in [1.54, 1.807) is 12.1 Å². The molecule has 13 aromatic rings. The Balaban J connectivity index is 0.912. The standard InChI is InChI=1S/C80H57F2N3S/c1-80(2)71-51-83-42-41-69(71)77-74(85(64-33-16-28-57(44-64)53-21-9-4-10-22-53)65-34-18-30-61(46-65)68-39-36-59(48-73(68)82)55-25-13-6-14-26-55)50-76-78(79(77)80)70-49-66(37-40-75(70)86-76)84(62-31-15-27-56(43-62)52-19-7-3-8-20-52)63-32-17-29-60(45-63)67-38-35-58(47-72(67)81)54-23-11-5-12-24-54/h3-51,77,79H,1-2H3. The minimum Gasteiger partial charge on any atom is -0.313 e. The van der Waals surface area contributed by atoms with Gasteiger partial charge in [-0.3, -0.25) is 4.98 Å². The van der Waals surface area contributed by atoms with Crippen molar-refractivity contribution in [3.05, 3.63) is 330 Å². The summed E-state index contributed by atoms with van der Waals surface area (Å²) in [6.07, 6.45) is 6.46. The Labute approximate surface area is 504 Å². The Hall–Kier alpha value is -10.3. The number of nitrogens with zero attached hydrogens (tertiary/aromatic N) is 3. The summed E-state index contributed by atoms with van der Waals surface area (Å²) in [4.78, 5) is 10.8. The monoisotopic (exact) mass is 1130 g/mol. The third-order valence-corrected chi connectivity index (χ3v) is 18.7. The number of pyridine rings is 1. The maximum Gasteiger partial charge on any atom is 0.131 e. The molecule has 2 aliphatic carbocycles. The van der Waals surface area contributed by atoms with E-state index >= 15 is 8.78 Å². The second-order valence-corrected chi connectivity index (χ2v) is 24.1. The van der Waals surface area contributed by atoms with Crippen LogP contribution in [0.1, 0.15) is 47.3 Å². The highest BCUT2D eigenvalue weighted by atomic mass is 32.1. The van der Waals surface area contributed by atoms with Gasteiger partial charge in [-0.2, -0.15) is 0 Å². The number of thiophene rings is 1. The van der Waals surface area contributed by atoms with Gasteiger partial charge in [0, 0.05) is 79.1 Å². The third kappa shape index (κ3) is 9.40. The van der Waals surface area contributed by atoms with E-state index in [1.165, 1.54) is 31.7 Å². The van der Waals surface area contributed by atoms with Crippen LogP contribution in [0.4, 0.5) is 37.2 Å². The normalized spacial score (nSPS) is 14.7. The van der Waals surface area contributed by atoms with Crippen LogP contribution in [0.25, 0.3) is 82.9 Å². The zero-order valence-electron chi connectivity index (χ0n) is 47.5. The lowest BCUT2D eigenvalue weighted by Gasteiger charge is -2.40. The van der Waals surface area contributed by atoms with Gasteiger partial charge in [0.1, 0.15) is 11.6 Å². The third-order valence-electron chi connectivity index (χ3n) is 17.6. The maximum absolute atomic E-state index is 16.6. The van der Waals surface area contributed by atoms with Gasteiger partial charge < -0.3 is 9.80 Å². The van der Waals surface area contributed by atoms with E-state index in [1.807, 2.05) is 127 Å². The van der Waals surface area contributed by atoms with Crippen LogP contribution < -0.4 is 9.80 Å². The van der Waals surface area contributed by atoms with Gasteiger partial charge in [-0.1, -0.05) is 208 Å². The molecule has 3 nitrogen and oxygen atoms in total. The van der Waals surface area contributed by atoms with E-state index < -0.39 is 0 Å². The molecule has 412 valence electrons. The predicted octanol–water partition coefficient (Wildman–Crippen LogP) is 22.4. The molecule has 2 aliphatic rings. The van der Waals surface area contributed by atoms with Crippen LogP contribution in [-0.2, 0) is 5.41 Å². The smallest absolute Gasteiger partial charge is 0.131 e. The minimum atomic E-state index is -0.367. The first kappa shape index (κ1) is 52.5. The van der Waals surface area contributed by atoms with Crippen molar-refractivity contribution in [1.82, 2.24) is 4.98 Å². The van der Waals surface area contributed by atoms with E-state index in [4.69, 9.17) is 4.98 Å². The molecular formula is C80H57F2N3S. The molecule has 2 unspecified atom stereocenters. The predicted molar refractivity (Wildman–Crippen MR) is 355 cm³/mol. The van der Waals surface area contributed by atoms with E-state index in [2.05, 4.69) is 194 Å². The molecule has 0 N–H and O–H groups in total. The van der Waals surface area contributed by atoms with Crippen LogP contribution in [0.2, 0.25) is 0 Å². The summed E-state index contributed by atoms with van der Waals surface area (Å²) in [7, 11) is 0. The Kier molecular flexibility index (Phi) is 13.3. The van der Waals surface area contributed by atoms with Gasteiger partial charge in [0.15, 0.2) is 0 Å². The first-order valence-electron chi connectivity index (χ1n) is 29.3. The molecule has 86 heavy (non-hydrogen) atoms. The summed E-state index contributed by atoms with van der Waals surface area (Å²) in [5, 5.41) is 1.19. The van der Waals surface area contributed by atoms with Crippen LogP contribution >= 0.6 is 11.3 Å². The van der Waals surface area contributed by atoms with Crippen molar-refractivity contribution in [2.45, 2.75) is 31.1 Å². The minimum absolute atomic E-state index is 0.0216. The van der Waals surface area contributed by atoms with Crippen molar-refractivity contribution in [2.24, 2.45) is 0 Å². The van der Waals surface area contributed by atoms with Crippen LogP contribution in [0, 0.1) is 11.6 Å². The second kappa shape index (κ2) is 21.7. The topological polar surface area (TPSA) is 19.4 Å². The van der Waals surface area contributed by atoms with E-state index in [0.717, 1.165) is 89.8 Å². The number of hydrogen-bond donors (Lipinski definition) is 0. The molecular weight excluding hydrogens is 1070 g/mol. The van der Waals surface area contributed by atoms with Gasteiger partial charge >= 0.3 is 0 Å². The number of allylic oxidation sites excluding steroid dienone is 1. The molecule has 0 spiro atoms. The highest BCUT2D eigenvalue weighted by molar-refractivity contribution is 7.20. The summed E-state index contributed by atoms with van der Waals surface area (Å²) in [5.74, 6) is -0.681. The molecule has 0 saturated carbocycles. The van der Waals surface area contributed by atoms with Gasteiger partial charge in [0.25, 0.3) is 0 Å². The molecule has 0 radical (unpaired) electrons. The lowest BCUT2D eigenvalue weighted by molar-refractivity contribution is 0.418. The van der Waals surface area contributed by atoms with Crippen molar-refractivity contribution in [1.29, 1.82) is 0 Å². The zero-order valence-corrected chi connectivity index (χ0v) is 48.3. The molecule has 2 heterocycles. The molecule has 15 rings (SSSR count). The molecule has 0 amide bonds. The Morgan fingerprint density at radius 3 is 1.29 bits per heavy atom. The summed E-state index contributed by atoms with van der Waals surface area (Å²) >= 11 is 1.83. The van der Waals surface area contributed by atoms with Gasteiger partial charge in [0.05, 0.1) is 0 Å². The van der Waals surface area contributed by atoms with E-state index in [-0.39, 0.29) is 28.9 Å². The zero-order chi connectivity index (χ0) is 57.9. The summed E-state index contributed by atoms with van der Waals surface area (Å²) < 4.78 is 34.3. The Bertz CT molecular complexity index is 4730. The molecule has 2 aromatic heterocycles.